The number of ether oxygens (including phenoxy) is 2. The second-order valence-corrected chi connectivity index (χ2v) is 8.66. The molecular formula is C24H23N3O5S. The van der Waals surface area contributed by atoms with Gasteiger partial charge in [-0.25, -0.2) is 8.42 Å². The molecule has 0 saturated heterocycles. The van der Waals surface area contributed by atoms with Crippen molar-refractivity contribution in [1.29, 1.82) is 5.26 Å². The maximum atomic E-state index is 12.5. The van der Waals surface area contributed by atoms with Crippen LogP contribution in [0.1, 0.15) is 18.4 Å². The SMILES string of the molecule is COc1cc(C#N)ccc1OCCCC(=O)Nc1cccc(NS(=O)(=O)c2ccccc2)c1. The number of rotatable bonds is 10. The van der Waals surface area contributed by atoms with Crippen LogP contribution in [0.5, 0.6) is 11.5 Å². The second-order valence-electron chi connectivity index (χ2n) is 6.98. The van der Waals surface area contributed by atoms with Gasteiger partial charge in [-0.05, 0) is 48.9 Å². The minimum Gasteiger partial charge on any atom is -0.493 e. The van der Waals surface area contributed by atoms with Crippen molar-refractivity contribution in [3.05, 3.63) is 78.4 Å². The zero-order valence-corrected chi connectivity index (χ0v) is 18.8. The Balaban J connectivity index is 1.51. The fourth-order valence-electron chi connectivity index (χ4n) is 2.97. The van der Waals surface area contributed by atoms with E-state index in [2.05, 4.69) is 10.0 Å². The molecule has 3 rings (SSSR count). The maximum absolute atomic E-state index is 12.5. The van der Waals surface area contributed by atoms with E-state index in [1.54, 1.807) is 60.7 Å². The summed E-state index contributed by atoms with van der Waals surface area (Å²) in [5.41, 5.74) is 1.28. The van der Waals surface area contributed by atoms with Crippen LogP contribution in [0.2, 0.25) is 0 Å². The molecule has 0 spiro atoms. The van der Waals surface area contributed by atoms with Crippen molar-refractivity contribution in [2.45, 2.75) is 17.7 Å². The van der Waals surface area contributed by atoms with E-state index < -0.39 is 10.0 Å². The Morgan fingerprint density at radius 1 is 0.970 bits per heavy atom. The van der Waals surface area contributed by atoms with E-state index in [9.17, 15) is 13.2 Å². The predicted octanol–water partition coefficient (Wildman–Crippen LogP) is 4.17. The van der Waals surface area contributed by atoms with Gasteiger partial charge in [-0.15, -0.1) is 0 Å². The number of hydrogen-bond donors (Lipinski definition) is 2. The molecule has 0 unspecified atom stereocenters. The molecule has 0 aliphatic carbocycles. The number of nitrogens with one attached hydrogen (secondary N) is 2. The number of amides is 1. The van der Waals surface area contributed by atoms with Gasteiger partial charge in [0, 0.05) is 18.2 Å². The lowest BCUT2D eigenvalue weighted by Gasteiger charge is -2.12. The highest BCUT2D eigenvalue weighted by Gasteiger charge is 2.14. The summed E-state index contributed by atoms with van der Waals surface area (Å²) >= 11 is 0. The summed E-state index contributed by atoms with van der Waals surface area (Å²) in [5.74, 6) is 0.719. The first-order valence-corrected chi connectivity index (χ1v) is 11.6. The Bertz CT molecular complexity index is 1250. The van der Waals surface area contributed by atoms with Crippen molar-refractivity contribution in [1.82, 2.24) is 0 Å². The largest absolute Gasteiger partial charge is 0.493 e. The van der Waals surface area contributed by atoms with E-state index in [0.29, 0.717) is 34.9 Å². The summed E-state index contributed by atoms with van der Waals surface area (Å²) in [7, 11) is -2.23. The van der Waals surface area contributed by atoms with Crippen molar-refractivity contribution in [3.8, 4) is 17.6 Å². The predicted molar refractivity (Wildman–Crippen MR) is 125 cm³/mol. The Morgan fingerprint density at radius 3 is 2.45 bits per heavy atom. The normalized spacial score (nSPS) is 10.7. The highest BCUT2D eigenvalue weighted by molar-refractivity contribution is 7.92. The third kappa shape index (κ3) is 6.72. The van der Waals surface area contributed by atoms with Gasteiger partial charge >= 0.3 is 0 Å². The van der Waals surface area contributed by atoms with Crippen LogP contribution in [-0.4, -0.2) is 28.0 Å². The van der Waals surface area contributed by atoms with Crippen LogP contribution in [-0.2, 0) is 14.8 Å². The van der Waals surface area contributed by atoms with Gasteiger partial charge in [0.2, 0.25) is 5.91 Å². The molecule has 0 heterocycles. The van der Waals surface area contributed by atoms with Crippen molar-refractivity contribution in [2.75, 3.05) is 23.8 Å². The highest BCUT2D eigenvalue weighted by atomic mass is 32.2. The molecule has 170 valence electrons. The fraction of sp³-hybridized carbons (Fsp3) is 0.167. The van der Waals surface area contributed by atoms with Crippen molar-refractivity contribution in [2.24, 2.45) is 0 Å². The van der Waals surface area contributed by atoms with Gasteiger partial charge in [0.25, 0.3) is 10.0 Å². The average Bonchev–Trinajstić information content (AvgIpc) is 2.82. The van der Waals surface area contributed by atoms with Crippen molar-refractivity contribution < 1.29 is 22.7 Å². The molecule has 0 bridgehead atoms. The molecule has 9 heteroatoms. The molecule has 0 saturated carbocycles. The Labute approximate surface area is 192 Å². The molecular weight excluding hydrogens is 442 g/mol. The molecule has 2 N–H and O–H groups in total. The smallest absolute Gasteiger partial charge is 0.261 e. The third-order valence-corrected chi connectivity index (χ3v) is 5.95. The van der Waals surface area contributed by atoms with E-state index >= 15 is 0 Å². The molecule has 0 atom stereocenters. The summed E-state index contributed by atoms with van der Waals surface area (Å²) in [6.07, 6.45) is 0.661. The Hall–Kier alpha value is -4.03. The molecule has 0 aliphatic rings. The number of benzene rings is 3. The number of hydrogen-bond acceptors (Lipinski definition) is 6. The van der Waals surface area contributed by atoms with Crippen LogP contribution in [0.15, 0.2) is 77.7 Å². The Morgan fingerprint density at radius 2 is 1.73 bits per heavy atom. The number of carbonyl (C=O) groups excluding carboxylic acids is 1. The van der Waals surface area contributed by atoms with Crippen molar-refractivity contribution >= 4 is 27.3 Å². The van der Waals surface area contributed by atoms with Gasteiger partial charge in [0.05, 0.1) is 35.9 Å². The molecule has 8 nitrogen and oxygen atoms in total. The van der Waals surface area contributed by atoms with Crippen LogP contribution in [0, 0.1) is 11.3 Å². The van der Waals surface area contributed by atoms with Crippen LogP contribution in [0.25, 0.3) is 0 Å². The summed E-state index contributed by atoms with van der Waals surface area (Å²) in [6.45, 7) is 0.284. The monoisotopic (exact) mass is 465 g/mol. The number of anilines is 2. The molecule has 3 aromatic rings. The van der Waals surface area contributed by atoms with Crippen LogP contribution >= 0.6 is 0 Å². The molecule has 3 aromatic carbocycles. The topological polar surface area (TPSA) is 118 Å². The zero-order valence-electron chi connectivity index (χ0n) is 17.9. The van der Waals surface area contributed by atoms with Crippen molar-refractivity contribution in [3.63, 3.8) is 0 Å². The quantitative estimate of drug-likeness (QED) is 0.434. The molecule has 0 fully saturated rings. The number of nitriles is 1. The number of carbonyl (C=O) groups is 1. The molecule has 33 heavy (non-hydrogen) atoms. The summed E-state index contributed by atoms with van der Waals surface area (Å²) in [4.78, 5) is 12.4. The van der Waals surface area contributed by atoms with E-state index in [0.717, 1.165) is 0 Å². The molecule has 0 radical (unpaired) electrons. The minimum atomic E-state index is -3.72. The first-order valence-electron chi connectivity index (χ1n) is 10.1. The second kappa shape index (κ2) is 11.0. The Kier molecular flexibility index (Phi) is 7.89. The average molecular weight is 466 g/mol. The fourth-order valence-corrected chi connectivity index (χ4v) is 4.04. The van der Waals surface area contributed by atoms with E-state index in [1.807, 2.05) is 6.07 Å². The minimum absolute atomic E-state index is 0.151. The first-order chi connectivity index (χ1) is 15.9. The third-order valence-electron chi connectivity index (χ3n) is 4.55. The lowest BCUT2D eigenvalue weighted by atomic mass is 10.2. The lowest BCUT2D eigenvalue weighted by molar-refractivity contribution is -0.116. The van der Waals surface area contributed by atoms with Crippen LogP contribution in [0.4, 0.5) is 11.4 Å². The number of methoxy groups -OCH3 is 1. The van der Waals surface area contributed by atoms with Gasteiger partial charge in [-0.1, -0.05) is 24.3 Å². The number of nitrogens with zero attached hydrogens (tertiary/aromatic N) is 1. The van der Waals surface area contributed by atoms with Gasteiger partial charge in [-0.2, -0.15) is 5.26 Å². The molecule has 0 aliphatic heterocycles. The number of sulfonamides is 1. The maximum Gasteiger partial charge on any atom is 0.261 e. The molecule has 0 aromatic heterocycles. The highest BCUT2D eigenvalue weighted by Crippen LogP contribution is 2.28. The van der Waals surface area contributed by atoms with E-state index in [1.165, 1.54) is 19.2 Å². The van der Waals surface area contributed by atoms with Gasteiger partial charge in [0.1, 0.15) is 0 Å². The molecule has 1 amide bonds. The standard InChI is InChI=1S/C24H23N3O5S/c1-31-23-15-18(17-25)12-13-22(23)32-14-6-11-24(28)26-19-7-5-8-20(16-19)27-33(29,30)21-9-3-2-4-10-21/h2-5,7-10,12-13,15-16,27H,6,11,14H2,1H3,(H,26,28). The van der Waals surface area contributed by atoms with Gasteiger partial charge in [0.15, 0.2) is 11.5 Å². The summed E-state index contributed by atoms with van der Waals surface area (Å²) in [6, 6.07) is 21.4. The van der Waals surface area contributed by atoms with Crippen LogP contribution in [0.3, 0.4) is 0 Å². The van der Waals surface area contributed by atoms with Gasteiger partial charge in [-0.3, -0.25) is 9.52 Å². The van der Waals surface area contributed by atoms with Crippen LogP contribution < -0.4 is 19.5 Å². The van der Waals surface area contributed by atoms with E-state index in [-0.39, 0.29) is 23.8 Å². The lowest BCUT2D eigenvalue weighted by Crippen LogP contribution is -2.14. The zero-order chi connectivity index (χ0) is 23.7. The summed E-state index contributed by atoms with van der Waals surface area (Å²) < 4.78 is 38.3. The summed E-state index contributed by atoms with van der Waals surface area (Å²) in [5, 5.41) is 11.7. The van der Waals surface area contributed by atoms with Gasteiger partial charge < -0.3 is 14.8 Å². The first kappa shape index (κ1) is 23.6. The van der Waals surface area contributed by atoms with E-state index in [4.69, 9.17) is 14.7 Å².